The number of nitrogens with zero attached hydrogens (tertiary/aromatic N) is 1. The van der Waals surface area contributed by atoms with E-state index in [1.807, 2.05) is 17.0 Å². The van der Waals surface area contributed by atoms with Crippen molar-refractivity contribution in [2.75, 3.05) is 13.7 Å². The summed E-state index contributed by atoms with van der Waals surface area (Å²) in [5, 5.41) is 3.51. The minimum absolute atomic E-state index is 0.0144. The van der Waals surface area contributed by atoms with Crippen LogP contribution in [-0.4, -0.2) is 30.5 Å². The summed E-state index contributed by atoms with van der Waals surface area (Å²) in [6.07, 6.45) is 4.47. The van der Waals surface area contributed by atoms with Gasteiger partial charge < -0.3 is 9.64 Å². The summed E-state index contributed by atoms with van der Waals surface area (Å²) in [7, 11) is 1.67. The van der Waals surface area contributed by atoms with Gasteiger partial charge in [0, 0.05) is 6.54 Å². The highest BCUT2D eigenvalue weighted by atomic mass is 16.5. The zero-order valence-electron chi connectivity index (χ0n) is 12.8. The van der Waals surface area contributed by atoms with Crippen LogP contribution in [0, 0.1) is 5.92 Å². The van der Waals surface area contributed by atoms with E-state index in [1.165, 1.54) is 12.8 Å². The fraction of sp³-hybridized carbons (Fsp3) is 0.588. The number of nitrogens with one attached hydrogen (secondary N) is 1. The molecule has 1 N–H and O–H groups in total. The Morgan fingerprint density at radius 2 is 2.00 bits per heavy atom. The Morgan fingerprint density at radius 1 is 1.29 bits per heavy atom. The van der Waals surface area contributed by atoms with Crippen LogP contribution in [0.3, 0.4) is 0 Å². The summed E-state index contributed by atoms with van der Waals surface area (Å²) in [5.41, 5.74) is 1.14. The first-order chi connectivity index (χ1) is 10.2. The molecule has 2 atom stereocenters. The predicted molar refractivity (Wildman–Crippen MR) is 82.0 cm³/mol. The quantitative estimate of drug-likeness (QED) is 0.875. The molecule has 1 heterocycles. The van der Waals surface area contributed by atoms with Crippen molar-refractivity contribution in [1.82, 2.24) is 10.2 Å². The zero-order chi connectivity index (χ0) is 14.8. The fourth-order valence-corrected chi connectivity index (χ4v) is 3.01. The van der Waals surface area contributed by atoms with Crippen molar-refractivity contribution in [3.8, 4) is 5.75 Å². The van der Waals surface area contributed by atoms with Crippen LogP contribution < -0.4 is 10.1 Å². The average molecular weight is 288 g/mol. The molecule has 21 heavy (non-hydrogen) atoms. The number of ether oxygens (including phenoxy) is 1. The summed E-state index contributed by atoms with van der Waals surface area (Å²) in [6, 6.07) is 8.00. The first-order valence-corrected chi connectivity index (χ1v) is 7.93. The number of methoxy groups -OCH3 is 1. The maximum Gasteiger partial charge on any atom is 0.241 e. The number of carbonyl (C=O) groups is 1. The van der Waals surface area contributed by atoms with Crippen LogP contribution in [0.15, 0.2) is 24.3 Å². The van der Waals surface area contributed by atoms with Crippen molar-refractivity contribution in [3.63, 3.8) is 0 Å². The molecule has 2 unspecified atom stereocenters. The molecule has 1 saturated carbocycles. The average Bonchev–Trinajstić information content (AvgIpc) is 3.28. The van der Waals surface area contributed by atoms with E-state index >= 15 is 0 Å². The molecule has 114 valence electrons. The summed E-state index contributed by atoms with van der Waals surface area (Å²) in [5.74, 6) is 1.82. The number of carbonyl (C=O) groups excluding carboxylic acids is 1. The highest BCUT2D eigenvalue weighted by molar-refractivity contribution is 5.84. The molecule has 3 rings (SSSR count). The van der Waals surface area contributed by atoms with Crippen LogP contribution in [0.2, 0.25) is 0 Å². The third-order valence-corrected chi connectivity index (χ3v) is 4.41. The third-order valence-electron chi connectivity index (χ3n) is 4.41. The van der Waals surface area contributed by atoms with Gasteiger partial charge in [-0.2, -0.15) is 0 Å². The van der Waals surface area contributed by atoms with Crippen LogP contribution in [0.25, 0.3) is 0 Å². The second kappa shape index (κ2) is 6.06. The molecule has 1 aromatic carbocycles. The van der Waals surface area contributed by atoms with Crippen LogP contribution >= 0.6 is 0 Å². The summed E-state index contributed by atoms with van der Waals surface area (Å²) >= 11 is 0. The van der Waals surface area contributed by atoms with Gasteiger partial charge in [0.2, 0.25) is 5.91 Å². The topological polar surface area (TPSA) is 41.6 Å². The van der Waals surface area contributed by atoms with Crippen LogP contribution in [0.4, 0.5) is 0 Å². The Hall–Kier alpha value is -1.55. The molecular weight excluding hydrogens is 264 g/mol. The Labute approximate surface area is 126 Å². The van der Waals surface area contributed by atoms with Crippen molar-refractivity contribution in [2.24, 2.45) is 5.92 Å². The molecule has 0 spiro atoms. The minimum atomic E-state index is -0.0270. The molecule has 4 nitrogen and oxygen atoms in total. The van der Waals surface area contributed by atoms with Gasteiger partial charge in [-0.25, -0.2) is 0 Å². The first-order valence-electron chi connectivity index (χ1n) is 7.93. The SMILES string of the molecule is CCCC1NC(c2ccc(OC)cc2)N(CC2CC2)C1=O. The van der Waals surface area contributed by atoms with Crippen LogP contribution in [-0.2, 0) is 4.79 Å². The lowest BCUT2D eigenvalue weighted by Gasteiger charge is -2.24. The molecule has 1 aromatic rings. The monoisotopic (exact) mass is 288 g/mol. The smallest absolute Gasteiger partial charge is 0.241 e. The molecule has 2 fully saturated rings. The van der Waals surface area contributed by atoms with Gasteiger partial charge in [-0.15, -0.1) is 0 Å². The summed E-state index contributed by atoms with van der Waals surface area (Å²) in [4.78, 5) is 14.6. The van der Waals surface area contributed by atoms with E-state index in [2.05, 4.69) is 24.4 Å². The minimum Gasteiger partial charge on any atom is -0.497 e. The predicted octanol–water partition coefficient (Wildman–Crippen LogP) is 2.70. The Kier molecular flexibility index (Phi) is 4.15. The lowest BCUT2D eigenvalue weighted by Crippen LogP contribution is -2.32. The van der Waals surface area contributed by atoms with E-state index in [0.29, 0.717) is 5.92 Å². The second-order valence-corrected chi connectivity index (χ2v) is 6.12. The van der Waals surface area contributed by atoms with Gasteiger partial charge in [-0.3, -0.25) is 10.1 Å². The molecule has 4 heteroatoms. The molecule has 1 aliphatic carbocycles. The van der Waals surface area contributed by atoms with E-state index in [-0.39, 0.29) is 18.1 Å². The van der Waals surface area contributed by atoms with Crippen molar-refractivity contribution >= 4 is 5.91 Å². The molecule has 1 aliphatic heterocycles. The second-order valence-electron chi connectivity index (χ2n) is 6.12. The summed E-state index contributed by atoms with van der Waals surface area (Å²) < 4.78 is 5.21. The van der Waals surface area contributed by atoms with E-state index in [4.69, 9.17) is 4.74 Å². The summed E-state index contributed by atoms with van der Waals surface area (Å²) in [6.45, 7) is 3.02. The van der Waals surface area contributed by atoms with Crippen molar-refractivity contribution in [3.05, 3.63) is 29.8 Å². The van der Waals surface area contributed by atoms with Crippen LogP contribution in [0.5, 0.6) is 5.75 Å². The standard InChI is InChI=1S/C17H24N2O2/c1-3-4-15-17(20)19(11-12-5-6-12)16(18-15)13-7-9-14(21-2)10-8-13/h7-10,12,15-16,18H,3-6,11H2,1-2H3. The van der Waals surface area contributed by atoms with Gasteiger partial charge in [-0.1, -0.05) is 25.5 Å². The van der Waals surface area contributed by atoms with Gasteiger partial charge in [0.05, 0.1) is 13.2 Å². The van der Waals surface area contributed by atoms with E-state index in [9.17, 15) is 4.79 Å². The van der Waals surface area contributed by atoms with Gasteiger partial charge in [-0.05, 0) is 42.9 Å². The maximum absolute atomic E-state index is 12.6. The van der Waals surface area contributed by atoms with Gasteiger partial charge in [0.25, 0.3) is 0 Å². The Balaban J connectivity index is 1.80. The zero-order valence-corrected chi connectivity index (χ0v) is 12.8. The maximum atomic E-state index is 12.6. The molecular formula is C17H24N2O2. The molecule has 1 saturated heterocycles. The van der Waals surface area contributed by atoms with Crippen molar-refractivity contribution < 1.29 is 9.53 Å². The normalized spacial score (nSPS) is 25.4. The first kappa shape index (κ1) is 14.4. The molecule has 0 radical (unpaired) electrons. The number of hydrogen-bond donors (Lipinski definition) is 1. The lowest BCUT2D eigenvalue weighted by atomic mass is 10.1. The lowest BCUT2D eigenvalue weighted by molar-refractivity contribution is -0.130. The van der Waals surface area contributed by atoms with Gasteiger partial charge in [0.1, 0.15) is 11.9 Å². The van der Waals surface area contributed by atoms with Crippen molar-refractivity contribution in [2.45, 2.75) is 44.8 Å². The number of rotatable bonds is 6. The van der Waals surface area contributed by atoms with E-state index < -0.39 is 0 Å². The van der Waals surface area contributed by atoms with Crippen LogP contribution in [0.1, 0.15) is 44.3 Å². The number of hydrogen-bond acceptors (Lipinski definition) is 3. The van der Waals surface area contributed by atoms with Gasteiger partial charge in [0.15, 0.2) is 0 Å². The Morgan fingerprint density at radius 3 is 2.57 bits per heavy atom. The number of amides is 1. The van der Waals surface area contributed by atoms with E-state index in [1.54, 1.807) is 7.11 Å². The molecule has 2 aliphatic rings. The fourth-order valence-electron chi connectivity index (χ4n) is 3.01. The van der Waals surface area contributed by atoms with Crippen molar-refractivity contribution in [1.29, 1.82) is 0 Å². The molecule has 1 amide bonds. The number of benzene rings is 1. The highest BCUT2D eigenvalue weighted by Crippen LogP contribution is 2.35. The van der Waals surface area contributed by atoms with E-state index in [0.717, 1.165) is 30.7 Å². The molecule has 0 bridgehead atoms. The highest BCUT2D eigenvalue weighted by Gasteiger charge is 2.41. The molecule has 0 aromatic heterocycles. The largest absolute Gasteiger partial charge is 0.497 e. The Bertz CT molecular complexity index is 496. The third kappa shape index (κ3) is 3.05. The van der Waals surface area contributed by atoms with Gasteiger partial charge >= 0.3 is 0 Å².